The number of benzene rings is 1. The van der Waals surface area contributed by atoms with Crippen LogP contribution in [0, 0.1) is 11.3 Å². The summed E-state index contributed by atoms with van der Waals surface area (Å²) in [6, 6.07) is 10.7. The van der Waals surface area contributed by atoms with Gasteiger partial charge in [-0.05, 0) is 31.0 Å². The number of aromatic nitrogens is 3. The molecule has 0 spiro atoms. The minimum Gasteiger partial charge on any atom is -0.496 e. The number of aliphatic imine (C=N–C) groups is 1. The fourth-order valence-electron chi connectivity index (χ4n) is 4.94. The van der Waals surface area contributed by atoms with Gasteiger partial charge in [0, 0.05) is 49.8 Å². The highest BCUT2D eigenvalue weighted by molar-refractivity contribution is 5.97. The quantitative estimate of drug-likeness (QED) is 0.527. The Bertz CT molecular complexity index is 1240. The summed E-state index contributed by atoms with van der Waals surface area (Å²) in [7, 11) is 5.59. The van der Waals surface area contributed by atoms with E-state index in [-0.39, 0.29) is 6.17 Å². The number of nitrogens with zero attached hydrogens (tertiary/aromatic N) is 5. The van der Waals surface area contributed by atoms with E-state index in [9.17, 15) is 5.26 Å². The van der Waals surface area contributed by atoms with Crippen molar-refractivity contribution in [3.05, 3.63) is 47.8 Å². The van der Waals surface area contributed by atoms with E-state index in [2.05, 4.69) is 31.7 Å². The number of anilines is 1. The summed E-state index contributed by atoms with van der Waals surface area (Å²) in [6.07, 6.45) is 9.44. The molecule has 3 heterocycles. The van der Waals surface area contributed by atoms with Crippen LogP contribution in [-0.4, -0.2) is 45.8 Å². The van der Waals surface area contributed by atoms with Crippen molar-refractivity contribution in [2.45, 2.75) is 44.3 Å². The Morgan fingerprint density at radius 1 is 1.18 bits per heavy atom. The number of rotatable bonds is 5. The molecule has 0 radical (unpaired) electrons. The topological polar surface area (TPSA) is 106 Å². The number of methoxy groups -OCH3 is 1. The molecule has 1 unspecified atom stereocenters. The number of guanidine groups is 1. The average molecular weight is 459 g/mol. The third-order valence-corrected chi connectivity index (χ3v) is 6.78. The number of aromatic amines is 1. The standard InChI is InChI=1S/C25H30N8O/c1-32-24(29-17-7-5-4-6-8-17)22-16(14-26)15-27-23(22)31-25(32)30-18-9-10-19(21(13-18)34-3)20-11-12-28-33(20)2/h9-13,15,17,24,27,29H,4-8H2,1-3H3,(H,30,31). The smallest absolute Gasteiger partial charge is 0.206 e. The summed E-state index contributed by atoms with van der Waals surface area (Å²) < 4.78 is 7.51. The van der Waals surface area contributed by atoms with Gasteiger partial charge in [-0.2, -0.15) is 15.4 Å². The maximum absolute atomic E-state index is 9.67. The highest BCUT2D eigenvalue weighted by Crippen LogP contribution is 2.37. The predicted octanol–water partition coefficient (Wildman–Crippen LogP) is 4.26. The second-order valence-corrected chi connectivity index (χ2v) is 8.91. The molecule has 9 heteroatoms. The van der Waals surface area contributed by atoms with E-state index in [1.165, 1.54) is 19.3 Å². The number of H-pyrrole nitrogens is 1. The lowest BCUT2D eigenvalue weighted by Gasteiger charge is -2.38. The van der Waals surface area contributed by atoms with Crippen molar-refractivity contribution in [3.8, 4) is 23.1 Å². The lowest BCUT2D eigenvalue weighted by molar-refractivity contribution is 0.244. The summed E-state index contributed by atoms with van der Waals surface area (Å²) >= 11 is 0. The molecule has 1 atom stereocenters. The zero-order valence-corrected chi connectivity index (χ0v) is 19.8. The molecule has 1 aliphatic carbocycles. The molecule has 9 nitrogen and oxygen atoms in total. The summed E-state index contributed by atoms with van der Waals surface area (Å²) in [5, 5.41) is 21.2. The molecule has 0 amide bonds. The molecule has 5 rings (SSSR count). The van der Waals surface area contributed by atoms with Crippen molar-refractivity contribution in [2.75, 3.05) is 19.5 Å². The number of hydrogen-bond donors (Lipinski definition) is 3. The lowest BCUT2D eigenvalue weighted by Crippen LogP contribution is -2.48. The van der Waals surface area contributed by atoms with Crippen LogP contribution in [0.25, 0.3) is 11.3 Å². The van der Waals surface area contributed by atoms with Gasteiger partial charge in [-0.15, -0.1) is 0 Å². The second kappa shape index (κ2) is 9.23. The van der Waals surface area contributed by atoms with Crippen molar-refractivity contribution < 1.29 is 4.74 Å². The summed E-state index contributed by atoms with van der Waals surface area (Å²) in [5.41, 5.74) is 4.34. The fourth-order valence-corrected chi connectivity index (χ4v) is 4.94. The van der Waals surface area contributed by atoms with Gasteiger partial charge in [0.2, 0.25) is 5.96 Å². The lowest BCUT2D eigenvalue weighted by atomic mass is 9.94. The predicted molar refractivity (Wildman–Crippen MR) is 132 cm³/mol. The highest BCUT2D eigenvalue weighted by atomic mass is 16.5. The maximum Gasteiger partial charge on any atom is 0.206 e. The van der Waals surface area contributed by atoms with E-state index in [4.69, 9.17) is 9.73 Å². The van der Waals surface area contributed by atoms with Crippen molar-refractivity contribution >= 4 is 17.5 Å². The second-order valence-electron chi connectivity index (χ2n) is 8.91. The molecule has 1 aromatic carbocycles. The molecule has 2 aliphatic rings. The van der Waals surface area contributed by atoms with Crippen molar-refractivity contribution in [1.82, 2.24) is 25.0 Å². The van der Waals surface area contributed by atoms with Crippen LogP contribution < -0.4 is 15.4 Å². The van der Waals surface area contributed by atoms with Crippen LogP contribution >= 0.6 is 0 Å². The van der Waals surface area contributed by atoms with Crippen LogP contribution in [0.15, 0.2) is 41.7 Å². The Kier molecular flexibility index (Phi) is 5.99. The SMILES string of the molecule is COc1cc(NC2=Nc3[nH]cc(C#N)c3C(NC3CCCCC3)N2C)ccc1-c1ccnn1C. The summed E-state index contributed by atoms with van der Waals surface area (Å²) in [4.78, 5) is 10.1. The minimum absolute atomic E-state index is 0.144. The summed E-state index contributed by atoms with van der Waals surface area (Å²) in [6.45, 7) is 0. The normalized spacial score (nSPS) is 18.2. The van der Waals surface area contributed by atoms with Crippen LogP contribution in [0.1, 0.15) is 49.4 Å². The van der Waals surface area contributed by atoms with E-state index in [0.717, 1.165) is 41.1 Å². The molecular weight excluding hydrogens is 428 g/mol. The first-order valence-electron chi connectivity index (χ1n) is 11.7. The zero-order chi connectivity index (χ0) is 23.7. The molecule has 1 aliphatic heterocycles. The first kappa shape index (κ1) is 22.0. The number of fused-ring (bicyclic) bond motifs is 1. The monoisotopic (exact) mass is 458 g/mol. The van der Waals surface area contributed by atoms with E-state index in [0.29, 0.717) is 23.4 Å². The minimum atomic E-state index is -0.144. The Balaban J connectivity index is 1.45. The first-order chi connectivity index (χ1) is 16.6. The fraction of sp³-hybridized carbons (Fsp3) is 0.400. The van der Waals surface area contributed by atoms with Crippen LogP contribution in [0.2, 0.25) is 0 Å². The number of ether oxygens (including phenoxy) is 1. The van der Waals surface area contributed by atoms with Crippen LogP contribution in [0.3, 0.4) is 0 Å². The number of hydrogen-bond acceptors (Lipinski definition) is 7. The average Bonchev–Trinajstić information content (AvgIpc) is 3.47. The third-order valence-electron chi connectivity index (χ3n) is 6.78. The molecule has 1 fully saturated rings. The first-order valence-corrected chi connectivity index (χ1v) is 11.7. The van der Waals surface area contributed by atoms with Gasteiger partial charge in [0.15, 0.2) is 0 Å². The summed E-state index contributed by atoms with van der Waals surface area (Å²) in [5.74, 6) is 2.16. The van der Waals surface area contributed by atoms with Gasteiger partial charge >= 0.3 is 0 Å². The molecular formula is C25H30N8O. The Morgan fingerprint density at radius 3 is 2.71 bits per heavy atom. The number of aryl methyl sites for hydroxylation is 1. The Morgan fingerprint density at radius 2 is 2.00 bits per heavy atom. The van der Waals surface area contributed by atoms with E-state index in [1.54, 1.807) is 19.5 Å². The van der Waals surface area contributed by atoms with Crippen LogP contribution in [0.4, 0.5) is 11.5 Å². The molecule has 3 N–H and O–H groups in total. The molecule has 176 valence electrons. The molecule has 2 aromatic heterocycles. The molecule has 1 saturated carbocycles. The van der Waals surface area contributed by atoms with Gasteiger partial charge in [0.25, 0.3) is 0 Å². The van der Waals surface area contributed by atoms with E-state index in [1.807, 2.05) is 43.0 Å². The van der Waals surface area contributed by atoms with Gasteiger partial charge in [0.05, 0.1) is 23.9 Å². The Labute approximate surface area is 199 Å². The van der Waals surface area contributed by atoms with Crippen molar-refractivity contribution in [1.29, 1.82) is 5.26 Å². The van der Waals surface area contributed by atoms with Crippen LogP contribution in [-0.2, 0) is 7.05 Å². The van der Waals surface area contributed by atoms with E-state index >= 15 is 0 Å². The van der Waals surface area contributed by atoms with Crippen molar-refractivity contribution in [2.24, 2.45) is 12.0 Å². The van der Waals surface area contributed by atoms with Crippen LogP contribution in [0.5, 0.6) is 5.75 Å². The van der Waals surface area contributed by atoms with Gasteiger partial charge < -0.3 is 19.9 Å². The van der Waals surface area contributed by atoms with E-state index < -0.39 is 0 Å². The number of nitriles is 1. The molecule has 34 heavy (non-hydrogen) atoms. The molecule has 3 aromatic rings. The van der Waals surface area contributed by atoms with Crippen molar-refractivity contribution in [3.63, 3.8) is 0 Å². The molecule has 0 saturated heterocycles. The molecule has 0 bridgehead atoms. The Hall–Kier alpha value is -3.77. The van der Waals surface area contributed by atoms with Gasteiger partial charge in [-0.25, -0.2) is 0 Å². The number of nitrogens with one attached hydrogen (secondary N) is 3. The largest absolute Gasteiger partial charge is 0.496 e. The zero-order valence-electron chi connectivity index (χ0n) is 19.8. The van der Waals surface area contributed by atoms with Gasteiger partial charge in [0.1, 0.15) is 23.8 Å². The maximum atomic E-state index is 9.67. The van der Waals surface area contributed by atoms with Gasteiger partial charge in [-0.1, -0.05) is 19.3 Å². The van der Waals surface area contributed by atoms with Gasteiger partial charge in [-0.3, -0.25) is 10.00 Å². The highest BCUT2D eigenvalue weighted by Gasteiger charge is 2.33. The third kappa shape index (κ3) is 4.01.